The second-order valence-corrected chi connectivity index (χ2v) is 4.63. The van der Waals surface area contributed by atoms with Gasteiger partial charge < -0.3 is 9.80 Å². The first kappa shape index (κ1) is 10.4. The van der Waals surface area contributed by atoms with Crippen LogP contribution in [0.2, 0.25) is 0 Å². The number of anilines is 2. The second kappa shape index (κ2) is 3.91. The number of hydrogen-bond donors (Lipinski definition) is 0. The van der Waals surface area contributed by atoms with Crippen LogP contribution in [0.4, 0.5) is 11.4 Å². The van der Waals surface area contributed by atoms with Gasteiger partial charge in [0.2, 0.25) is 0 Å². The van der Waals surface area contributed by atoms with Crippen LogP contribution >= 0.6 is 0 Å². The summed E-state index contributed by atoms with van der Waals surface area (Å²) in [5.74, 6) is 0.00370. The van der Waals surface area contributed by atoms with Crippen LogP contribution in [-0.4, -0.2) is 25.0 Å². The van der Waals surface area contributed by atoms with E-state index in [4.69, 9.17) is 0 Å². The van der Waals surface area contributed by atoms with Crippen LogP contribution in [0.1, 0.15) is 12.8 Å². The largest absolute Gasteiger partial charge is 0.365 e. The molecular formula is C14H16N2O. The monoisotopic (exact) mass is 228 g/mol. The quantitative estimate of drug-likeness (QED) is 0.688. The summed E-state index contributed by atoms with van der Waals surface area (Å²) in [6, 6.07) is 8.63. The highest BCUT2D eigenvalue weighted by Gasteiger charge is 2.35. The minimum atomic E-state index is 0.00370. The zero-order valence-electron chi connectivity index (χ0n) is 9.80. The molecule has 1 aromatic rings. The van der Waals surface area contributed by atoms with E-state index >= 15 is 0 Å². The van der Waals surface area contributed by atoms with Crippen LogP contribution in [0, 0.1) is 0 Å². The summed E-state index contributed by atoms with van der Waals surface area (Å²) in [6.07, 6.45) is 3.80. The Hall–Kier alpha value is -1.77. The maximum absolute atomic E-state index is 11.9. The van der Waals surface area contributed by atoms with Crippen molar-refractivity contribution in [3.63, 3.8) is 0 Å². The Balaban J connectivity index is 2.07. The van der Waals surface area contributed by atoms with Crippen LogP contribution in [0.5, 0.6) is 0 Å². The lowest BCUT2D eigenvalue weighted by atomic mass is 10.1. The summed E-state index contributed by atoms with van der Waals surface area (Å²) in [5, 5.41) is 0. The van der Waals surface area contributed by atoms with E-state index in [2.05, 4.69) is 17.5 Å². The van der Waals surface area contributed by atoms with Gasteiger partial charge in [-0.25, -0.2) is 0 Å². The van der Waals surface area contributed by atoms with Crippen molar-refractivity contribution in [2.75, 3.05) is 22.9 Å². The van der Waals surface area contributed by atoms with Crippen molar-refractivity contribution in [1.29, 1.82) is 0 Å². The van der Waals surface area contributed by atoms with Gasteiger partial charge in [0, 0.05) is 19.1 Å². The molecule has 1 saturated heterocycles. The SMILES string of the molecule is C=CC(=O)N1CC2CCCN2c2ccccc21. The lowest BCUT2D eigenvalue weighted by molar-refractivity contribution is -0.114. The van der Waals surface area contributed by atoms with Crippen molar-refractivity contribution in [3.05, 3.63) is 36.9 Å². The number of carbonyl (C=O) groups excluding carboxylic acids is 1. The first-order valence-corrected chi connectivity index (χ1v) is 6.11. The molecule has 0 radical (unpaired) electrons. The van der Waals surface area contributed by atoms with Crippen molar-refractivity contribution in [2.45, 2.75) is 18.9 Å². The molecule has 1 fully saturated rings. The van der Waals surface area contributed by atoms with E-state index in [0.717, 1.165) is 18.8 Å². The summed E-state index contributed by atoms with van der Waals surface area (Å²) in [7, 11) is 0. The Morgan fingerprint density at radius 2 is 2.12 bits per heavy atom. The number of carbonyl (C=O) groups is 1. The zero-order valence-corrected chi connectivity index (χ0v) is 9.80. The smallest absolute Gasteiger partial charge is 0.250 e. The Labute approximate surface area is 101 Å². The van der Waals surface area contributed by atoms with E-state index in [9.17, 15) is 4.79 Å². The fourth-order valence-corrected chi connectivity index (χ4v) is 2.91. The standard InChI is InChI=1S/C14H16N2O/c1-2-14(17)16-10-11-6-5-9-15(11)12-7-3-4-8-13(12)16/h2-4,7-8,11H,1,5-6,9-10H2. The number of fused-ring (bicyclic) bond motifs is 3. The third-order valence-electron chi connectivity index (χ3n) is 3.69. The minimum Gasteiger partial charge on any atom is -0.365 e. The highest BCUT2D eigenvalue weighted by Crippen LogP contribution is 2.39. The van der Waals surface area contributed by atoms with E-state index < -0.39 is 0 Å². The van der Waals surface area contributed by atoms with E-state index in [1.807, 2.05) is 23.1 Å². The Kier molecular flexibility index (Phi) is 2.39. The first-order chi connectivity index (χ1) is 8.31. The molecule has 3 rings (SSSR count). The van der Waals surface area contributed by atoms with Crippen LogP contribution in [0.15, 0.2) is 36.9 Å². The predicted molar refractivity (Wildman–Crippen MR) is 69.4 cm³/mol. The molecule has 1 unspecified atom stereocenters. The minimum absolute atomic E-state index is 0.00370. The van der Waals surface area contributed by atoms with Gasteiger partial charge in [0.15, 0.2) is 0 Å². The molecule has 0 N–H and O–H groups in total. The molecule has 1 atom stereocenters. The van der Waals surface area contributed by atoms with Gasteiger partial charge in [0.25, 0.3) is 5.91 Å². The van der Waals surface area contributed by atoms with Crippen LogP contribution < -0.4 is 9.80 Å². The maximum atomic E-state index is 11.9. The molecule has 0 saturated carbocycles. The second-order valence-electron chi connectivity index (χ2n) is 4.63. The number of para-hydroxylation sites is 2. The lowest BCUT2D eigenvalue weighted by Crippen LogP contribution is -2.47. The van der Waals surface area contributed by atoms with E-state index in [1.165, 1.54) is 24.6 Å². The fraction of sp³-hybridized carbons (Fsp3) is 0.357. The molecule has 2 aliphatic heterocycles. The van der Waals surface area contributed by atoms with Crippen LogP contribution in [-0.2, 0) is 4.79 Å². The third-order valence-corrected chi connectivity index (χ3v) is 3.69. The van der Waals surface area contributed by atoms with Crippen LogP contribution in [0.25, 0.3) is 0 Å². The summed E-state index contributed by atoms with van der Waals surface area (Å²) in [5.41, 5.74) is 2.21. The third kappa shape index (κ3) is 1.54. The number of amides is 1. The average Bonchev–Trinajstić information content (AvgIpc) is 2.85. The van der Waals surface area contributed by atoms with Crippen molar-refractivity contribution in [3.8, 4) is 0 Å². The fourth-order valence-electron chi connectivity index (χ4n) is 2.91. The van der Waals surface area contributed by atoms with Gasteiger partial charge in [-0.15, -0.1) is 0 Å². The molecule has 88 valence electrons. The van der Waals surface area contributed by atoms with Gasteiger partial charge in [-0.2, -0.15) is 0 Å². The van der Waals surface area contributed by atoms with E-state index in [0.29, 0.717) is 6.04 Å². The molecule has 3 nitrogen and oxygen atoms in total. The average molecular weight is 228 g/mol. The Morgan fingerprint density at radius 1 is 1.35 bits per heavy atom. The molecule has 1 amide bonds. The van der Waals surface area contributed by atoms with Gasteiger partial charge in [0.05, 0.1) is 11.4 Å². The molecule has 3 heteroatoms. The summed E-state index contributed by atoms with van der Waals surface area (Å²) >= 11 is 0. The van der Waals surface area contributed by atoms with Crippen LogP contribution in [0.3, 0.4) is 0 Å². The molecule has 2 heterocycles. The highest BCUT2D eigenvalue weighted by atomic mass is 16.2. The molecule has 0 bridgehead atoms. The van der Waals surface area contributed by atoms with Gasteiger partial charge in [-0.05, 0) is 31.1 Å². The summed E-state index contributed by atoms with van der Waals surface area (Å²) in [6.45, 7) is 5.49. The van der Waals surface area contributed by atoms with Crippen molar-refractivity contribution in [1.82, 2.24) is 0 Å². The topological polar surface area (TPSA) is 23.6 Å². The molecule has 0 aromatic heterocycles. The molecule has 1 aromatic carbocycles. The molecule has 17 heavy (non-hydrogen) atoms. The highest BCUT2D eigenvalue weighted by molar-refractivity contribution is 6.04. The van der Waals surface area contributed by atoms with E-state index in [-0.39, 0.29) is 5.91 Å². The van der Waals surface area contributed by atoms with Gasteiger partial charge in [-0.1, -0.05) is 18.7 Å². The maximum Gasteiger partial charge on any atom is 0.250 e. The van der Waals surface area contributed by atoms with Gasteiger partial charge >= 0.3 is 0 Å². The van der Waals surface area contributed by atoms with Gasteiger partial charge in [-0.3, -0.25) is 4.79 Å². The number of rotatable bonds is 1. The number of nitrogens with zero attached hydrogens (tertiary/aromatic N) is 2. The lowest BCUT2D eigenvalue weighted by Gasteiger charge is -2.39. The van der Waals surface area contributed by atoms with E-state index in [1.54, 1.807) is 0 Å². The predicted octanol–water partition coefficient (Wildman–Crippen LogP) is 2.19. The summed E-state index contributed by atoms with van der Waals surface area (Å²) < 4.78 is 0. The first-order valence-electron chi connectivity index (χ1n) is 6.11. The summed E-state index contributed by atoms with van der Waals surface area (Å²) in [4.78, 5) is 16.2. The van der Waals surface area contributed by atoms with Crippen molar-refractivity contribution >= 4 is 17.3 Å². The molecule has 0 spiro atoms. The zero-order chi connectivity index (χ0) is 11.8. The molecule has 0 aliphatic carbocycles. The Bertz CT molecular complexity index is 469. The Morgan fingerprint density at radius 3 is 2.88 bits per heavy atom. The molecule has 2 aliphatic rings. The number of hydrogen-bond acceptors (Lipinski definition) is 2. The number of benzene rings is 1. The van der Waals surface area contributed by atoms with Crippen molar-refractivity contribution in [2.24, 2.45) is 0 Å². The van der Waals surface area contributed by atoms with Gasteiger partial charge in [0.1, 0.15) is 0 Å². The normalized spacial score (nSPS) is 22.0. The van der Waals surface area contributed by atoms with Crippen molar-refractivity contribution < 1.29 is 4.79 Å². The molecular weight excluding hydrogens is 212 g/mol.